The first-order valence-corrected chi connectivity index (χ1v) is 4.01. The number of nitrogens with two attached hydrogens (primary N) is 1. The van der Waals surface area contributed by atoms with E-state index in [1.165, 1.54) is 0 Å². The molecule has 0 saturated heterocycles. The second-order valence-corrected chi connectivity index (χ2v) is 3.00. The molecule has 0 aromatic carbocycles. The summed E-state index contributed by atoms with van der Waals surface area (Å²) >= 11 is 5.69. The molecule has 0 aliphatic carbocycles. The van der Waals surface area contributed by atoms with Crippen LogP contribution in [0.5, 0.6) is 0 Å². The van der Waals surface area contributed by atoms with E-state index in [1.807, 2.05) is 10.9 Å². The number of hydrogen-bond acceptors (Lipinski definition) is 2. The highest BCUT2D eigenvalue weighted by atomic mass is 35.5. The van der Waals surface area contributed by atoms with Crippen LogP contribution in [0.4, 0.5) is 0 Å². The van der Waals surface area contributed by atoms with Gasteiger partial charge in [0.25, 0.3) is 0 Å². The van der Waals surface area contributed by atoms with Crippen LogP contribution >= 0.6 is 11.6 Å². The van der Waals surface area contributed by atoms with Crippen LogP contribution in [0.1, 0.15) is 19.4 Å². The van der Waals surface area contributed by atoms with Gasteiger partial charge in [0.1, 0.15) is 0 Å². The Morgan fingerprint density at radius 3 is 3.00 bits per heavy atom. The van der Waals surface area contributed by atoms with Crippen molar-refractivity contribution < 1.29 is 0 Å². The molecule has 0 spiro atoms. The standard InChI is InChI=1S/C7H12ClN3/c1-6(2-3-9)11-5-7(8)4-10-11/h4-6H,2-3,9H2,1H3. The largest absolute Gasteiger partial charge is 0.330 e. The molecule has 1 aromatic rings. The molecule has 0 bridgehead atoms. The highest BCUT2D eigenvalue weighted by molar-refractivity contribution is 6.30. The third-order valence-electron chi connectivity index (χ3n) is 1.61. The molecule has 0 aliphatic heterocycles. The second-order valence-electron chi connectivity index (χ2n) is 2.56. The predicted octanol–water partition coefficient (Wildman–Crippen LogP) is 1.45. The molecule has 2 N–H and O–H groups in total. The summed E-state index contributed by atoms with van der Waals surface area (Å²) in [6.07, 6.45) is 4.37. The molecule has 0 fully saturated rings. The number of rotatable bonds is 3. The van der Waals surface area contributed by atoms with Crippen LogP contribution in [0.3, 0.4) is 0 Å². The molecule has 0 amide bonds. The summed E-state index contributed by atoms with van der Waals surface area (Å²) in [5.74, 6) is 0. The maximum atomic E-state index is 5.69. The molecule has 1 atom stereocenters. The van der Waals surface area contributed by atoms with Crippen LogP contribution in [0, 0.1) is 0 Å². The molecule has 1 aromatic heterocycles. The quantitative estimate of drug-likeness (QED) is 0.752. The van der Waals surface area contributed by atoms with Crippen LogP contribution < -0.4 is 5.73 Å². The summed E-state index contributed by atoms with van der Waals surface area (Å²) in [4.78, 5) is 0. The third kappa shape index (κ3) is 2.20. The number of nitrogens with zero attached hydrogens (tertiary/aromatic N) is 2. The Hall–Kier alpha value is -0.540. The van der Waals surface area contributed by atoms with Gasteiger partial charge in [-0.2, -0.15) is 5.10 Å². The zero-order chi connectivity index (χ0) is 8.27. The number of halogens is 1. The van der Waals surface area contributed by atoms with E-state index >= 15 is 0 Å². The van der Waals surface area contributed by atoms with Crippen molar-refractivity contribution in [1.29, 1.82) is 0 Å². The first-order chi connectivity index (χ1) is 5.24. The average molecular weight is 174 g/mol. The molecule has 1 rings (SSSR count). The molecule has 11 heavy (non-hydrogen) atoms. The van der Waals surface area contributed by atoms with Crippen molar-refractivity contribution in [3.8, 4) is 0 Å². The maximum Gasteiger partial charge on any atom is 0.0785 e. The van der Waals surface area contributed by atoms with Gasteiger partial charge in [0, 0.05) is 6.20 Å². The lowest BCUT2D eigenvalue weighted by molar-refractivity contribution is 0.465. The first kappa shape index (κ1) is 8.56. The SMILES string of the molecule is CC(CCN)n1cc(Cl)cn1. The highest BCUT2D eigenvalue weighted by Crippen LogP contribution is 2.12. The molecular weight excluding hydrogens is 162 g/mol. The molecule has 0 radical (unpaired) electrons. The van der Waals surface area contributed by atoms with Crippen LogP contribution in [0.2, 0.25) is 5.02 Å². The van der Waals surface area contributed by atoms with Gasteiger partial charge in [0.2, 0.25) is 0 Å². The van der Waals surface area contributed by atoms with Crippen molar-refractivity contribution in [2.75, 3.05) is 6.54 Å². The smallest absolute Gasteiger partial charge is 0.0785 e. The third-order valence-corrected chi connectivity index (χ3v) is 1.80. The van der Waals surface area contributed by atoms with E-state index in [9.17, 15) is 0 Å². The molecule has 1 heterocycles. The van der Waals surface area contributed by atoms with E-state index in [0.717, 1.165) is 6.42 Å². The van der Waals surface area contributed by atoms with E-state index in [-0.39, 0.29) is 0 Å². The van der Waals surface area contributed by atoms with Gasteiger partial charge in [0.05, 0.1) is 17.3 Å². The Labute approximate surface area is 71.1 Å². The van der Waals surface area contributed by atoms with Crippen molar-refractivity contribution in [2.45, 2.75) is 19.4 Å². The van der Waals surface area contributed by atoms with Crippen LogP contribution in [-0.4, -0.2) is 16.3 Å². The Balaban J connectivity index is 2.60. The zero-order valence-electron chi connectivity index (χ0n) is 6.50. The van der Waals surface area contributed by atoms with Crippen LogP contribution in [0.15, 0.2) is 12.4 Å². The zero-order valence-corrected chi connectivity index (χ0v) is 7.25. The van der Waals surface area contributed by atoms with E-state index in [1.54, 1.807) is 6.20 Å². The summed E-state index contributed by atoms with van der Waals surface area (Å²) in [5.41, 5.74) is 5.40. The van der Waals surface area contributed by atoms with Gasteiger partial charge < -0.3 is 5.73 Å². The normalized spacial score (nSPS) is 13.4. The minimum Gasteiger partial charge on any atom is -0.330 e. The van der Waals surface area contributed by atoms with Gasteiger partial charge in [-0.1, -0.05) is 11.6 Å². The molecule has 62 valence electrons. The van der Waals surface area contributed by atoms with Crippen molar-refractivity contribution >= 4 is 11.6 Å². The van der Waals surface area contributed by atoms with E-state index in [0.29, 0.717) is 17.6 Å². The van der Waals surface area contributed by atoms with Gasteiger partial charge in [-0.15, -0.1) is 0 Å². The van der Waals surface area contributed by atoms with Gasteiger partial charge in [-0.3, -0.25) is 4.68 Å². The number of aromatic nitrogens is 2. The Morgan fingerprint density at radius 1 is 1.82 bits per heavy atom. The van der Waals surface area contributed by atoms with Crippen molar-refractivity contribution in [1.82, 2.24) is 9.78 Å². The maximum absolute atomic E-state index is 5.69. The Morgan fingerprint density at radius 2 is 2.55 bits per heavy atom. The summed E-state index contributed by atoms with van der Waals surface area (Å²) in [5, 5.41) is 4.74. The first-order valence-electron chi connectivity index (χ1n) is 3.63. The van der Waals surface area contributed by atoms with Crippen molar-refractivity contribution in [3.05, 3.63) is 17.4 Å². The molecule has 1 unspecified atom stereocenters. The summed E-state index contributed by atoms with van der Waals surface area (Å²) in [6, 6.07) is 0.340. The minimum atomic E-state index is 0.340. The monoisotopic (exact) mass is 173 g/mol. The fourth-order valence-electron chi connectivity index (χ4n) is 0.929. The topological polar surface area (TPSA) is 43.8 Å². The summed E-state index contributed by atoms with van der Waals surface area (Å²) < 4.78 is 1.83. The van der Waals surface area contributed by atoms with Gasteiger partial charge in [-0.25, -0.2) is 0 Å². The number of hydrogen-bond donors (Lipinski definition) is 1. The van der Waals surface area contributed by atoms with Gasteiger partial charge in [0.15, 0.2) is 0 Å². The van der Waals surface area contributed by atoms with Gasteiger partial charge >= 0.3 is 0 Å². The highest BCUT2D eigenvalue weighted by Gasteiger charge is 2.03. The van der Waals surface area contributed by atoms with Crippen LogP contribution in [-0.2, 0) is 0 Å². The van der Waals surface area contributed by atoms with Crippen molar-refractivity contribution in [2.24, 2.45) is 5.73 Å². The van der Waals surface area contributed by atoms with E-state index in [4.69, 9.17) is 17.3 Å². The summed E-state index contributed by atoms with van der Waals surface area (Å²) in [7, 11) is 0. The Kier molecular flexibility index (Phi) is 2.91. The van der Waals surface area contributed by atoms with Gasteiger partial charge in [-0.05, 0) is 19.9 Å². The fraction of sp³-hybridized carbons (Fsp3) is 0.571. The minimum absolute atomic E-state index is 0.340. The average Bonchev–Trinajstić information content (AvgIpc) is 2.36. The molecule has 0 aliphatic rings. The second kappa shape index (κ2) is 3.74. The summed E-state index contributed by atoms with van der Waals surface area (Å²) in [6.45, 7) is 2.74. The molecule has 3 nitrogen and oxygen atoms in total. The Bertz CT molecular complexity index is 221. The lowest BCUT2D eigenvalue weighted by atomic mass is 10.2. The molecule has 4 heteroatoms. The van der Waals surface area contributed by atoms with E-state index in [2.05, 4.69) is 12.0 Å². The van der Waals surface area contributed by atoms with Crippen LogP contribution in [0.25, 0.3) is 0 Å². The molecule has 0 saturated carbocycles. The molecular formula is C7H12ClN3. The predicted molar refractivity (Wildman–Crippen MR) is 45.6 cm³/mol. The lowest BCUT2D eigenvalue weighted by Crippen LogP contribution is -2.11. The van der Waals surface area contributed by atoms with E-state index < -0.39 is 0 Å². The van der Waals surface area contributed by atoms with Crippen molar-refractivity contribution in [3.63, 3.8) is 0 Å². The fourth-order valence-corrected chi connectivity index (χ4v) is 1.07. The lowest BCUT2D eigenvalue weighted by Gasteiger charge is -2.09.